The van der Waals surface area contributed by atoms with Gasteiger partial charge in [-0.1, -0.05) is 60.3 Å². The Bertz CT molecular complexity index is 1430. The molecule has 35 heavy (non-hydrogen) atoms. The third kappa shape index (κ3) is 5.00. The van der Waals surface area contributed by atoms with E-state index in [2.05, 4.69) is 20.5 Å². The largest absolute Gasteiger partial charge is 0.495 e. The summed E-state index contributed by atoms with van der Waals surface area (Å²) in [6.07, 6.45) is 0. The Balaban J connectivity index is 1.39. The Morgan fingerprint density at radius 1 is 1.03 bits per heavy atom. The number of hydrogen-bond donors (Lipinski definition) is 1. The number of thiophene rings is 1. The van der Waals surface area contributed by atoms with Crippen LogP contribution in [0, 0.1) is 0 Å². The molecule has 5 rings (SSSR count). The van der Waals surface area contributed by atoms with Gasteiger partial charge in [-0.25, -0.2) is 4.98 Å². The molecule has 0 bridgehead atoms. The SMILES string of the molecule is COc1ccccc1-n1c(SC(C)C(=O)Nc2nc(-c3ccccc3)cs2)nnc1-c1cccs1. The van der Waals surface area contributed by atoms with E-state index in [4.69, 9.17) is 4.74 Å². The lowest BCUT2D eigenvalue weighted by Crippen LogP contribution is -2.22. The van der Waals surface area contributed by atoms with Gasteiger partial charge in [0.15, 0.2) is 16.1 Å². The number of carbonyl (C=O) groups is 1. The van der Waals surface area contributed by atoms with E-state index < -0.39 is 5.25 Å². The van der Waals surface area contributed by atoms with Crippen LogP contribution in [0.1, 0.15) is 6.92 Å². The summed E-state index contributed by atoms with van der Waals surface area (Å²) in [6, 6.07) is 21.6. The first kappa shape index (κ1) is 23.3. The topological polar surface area (TPSA) is 81.9 Å². The summed E-state index contributed by atoms with van der Waals surface area (Å²) in [7, 11) is 1.63. The number of amides is 1. The van der Waals surface area contributed by atoms with E-state index in [-0.39, 0.29) is 5.91 Å². The second-order valence-electron chi connectivity index (χ2n) is 7.44. The van der Waals surface area contributed by atoms with E-state index in [1.54, 1.807) is 18.4 Å². The maximum Gasteiger partial charge on any atom is 0.239 e. The number of carbonyl (C=O) groups excluding carboxylic acids is 1. The normalized spacial score (nSPS) is 11.8. The van der Waals surface area contributed by atoms with Crippen molar-refractivity contribution < 1.29 is 9.53 Å². The summed E-state index contributed by atoms with van der Waals surface area (Å²) >= 11 is 4.32. The molecule has 0 saturated carbocycles. The van der Waals surface area contributed by atoms with E-state index in [0.717, 1.165) is 21.8 Å². The molecule has 176 valence electrons. The van der Waals surface area contributed by atoms with Crippen molar-refractivity contribution in [2.45, 2.75) is 17.3 Å². The Morgan fingerprint density at radius 2 is 1.83 bits per heavy atom. The fourth-order valence-electron chi connectivity index (χ4n) is 3.43. The van der Waals surface area contributed by atoms with E-state index in [1.807, 2.05) is 89.0 Å². The van der Waals surface area contributed by atoms with E-state index >= 15 is 0 Å². The molecule has 0 aliphatic carbocycles. The summed E-state index contributed by atoms with van der Waals surface area (Å²) in [5.41, 5.74) is 2.66. The average molecular weight is 520 g/mol. The van der Waals surface area contributed by atoms with Crippen molar-refractivity contribution in [3.8, 4) is 33.4 Å². The van der Waals surface area contributed by atoms with Crippen LogP contribution in [0.3, 0.4) is 0 Å². The van der Waals surface area contributed by atoms with Crippen molar-refractivity contribution in [2.75, 3.05) is 12.4 Å². The number of aromatic nitrogens is 4. The fraction of sp³-hybridized carbons (Fsp3) is 0.120. The second kappa shape index (κ2) is 10.4. The Morgan fingerprint density at radius 3 is 2.60 bits per heavy atom. The van der Waals surface area contributed by atoms with Gasteiger partial charge in [0.25, 0.3) is 0 Å². The Kier molecular flexibility index (Phi) is 6.94. The van der Waals surface area contributed by atoms with Crippen LogP contribution in [0.15, 0.2) is 82.6 Å². The smallest absolute Gasteiger partial charge is 0.239 e. The average Bonchev–Trinajstić information content (AvgIpc) is 3.66. The van der Waals surface area contributed by atoms with Crippen LogP contribution in [-0.4, -0.2) is 38.0 Å². The molecule has 5 aromatic rings. The minimum absolute atomic E-state index is 0.156. The molecule has 1 N–H and O–H groups in total. The number of rotatable bonds is 8. The zero-order valence-corrected chi connectivity index (χ0v) is 21.4. The first-order valence-electron chi connectivity index (χ1n) is 10.7. The van der Waals surface area contributed by atoms with Crippen LogP contribution in [0.2, 0.25) is 0 Å². The van der Waals surface area contributed by atoms with Gasteiger partial charge in [0.2, 0.25) is 5.91 Å². The molecule has 0 saturated heterocycles. The summed E-state index contributed by atoms with van der Waals surface area (Å²) in [6.45, 7) is 1.85. The maximum absolute atomic E-state index is 13.0. The zero-order valence-electron chi connectivity index (χ0n) is 18.9. The first-order chi connectivity index (χ1) is 17.1. The summed E-state index contributed by atoms with van der Waals surface area (Å²) in [5.74, 6) is 1.24. The number of nitrogens with zero attached hydrogens (tertiary/aromatic N) is 4. The summed E-state index contributed by atoms with van der Waals surface area (Å²) in [4.78, 5) is 18.6. The lowest BCUT2D eigenvalue weighted by molar-refractivity contribution is -0.115. The molecule has 3 aromatic heterocycles. The van der Waals surface area contributed by atoms with Crippen LogP contribution in [-0.2, 0) is 4.79 Å². The number of thioether (sulfide) groups is 1. The molecule has 0 radical (unpaired) electrons. The molecule has 0 aliphatic rings. The molecule has 3 heterocycles. The van der Waals surface area contributed by atoms with Gasteiger partial charge in [-0.15, -0.1) is 32.9 Å². The molecule has 1 atom stereocenters. The minimum Gasteiger partial charge on any atom is -0.495 e. The molecule has 1 unspecified atom stereocenters. The molecule has 0 spiro atoms. The van der Waals surface area contributed by atoms with Crippen molar-refractivity contribution in [1.29, 1.82) is 0 Å². The number of thiazole rings is 1. The number of benzene rings is 2. The quantitative estimate of drug-likeness (QED) is 0.244. The van der Waals surface area contributed by atoms with Crippen molar-refractivity contribution >= 4 is 45.5 Å². The highest BCUT2D eigenvalue weighted by Gasteiger charge is 2.24. The van der Waals surface area contributed by atoms with E-state index in [9.17, 15) is 4.79 Å². The number of methoxy groups -OCH3 is 1. The molecule has 10 heteroatoms. The predicted molar refractivity (Wildman–Crippen MR) is 143 cm³/mol. The van der Waals surface area contributed by atoms with E-state index in [0.29, 0.717) is 21.9 Å². The van der Waals surface area contributed by atoms with Gasteiger partial charge < -0.3 is 10.1 Å². The van der Waals surface area contributed by atoms with Gasteiger partial charge in [0, 0.05) is 10.9 Å². The maximum atomic E-state index is 13.0. The highest BCUT2D eigenvalue weighted by molar-refractivity contribution is 8.00. The molecule has 0 aliphatic heterocycles. The predicted octanol–water partition coefficient (Wildman–Crippen LogP) is 6.25. The third-order valence-electron chi connectivity index (χ3n) is 5.16. The van der Waals surface area contributed by atoms with Gasteiger partial charge in [-0.2, -0.15) is 0 Å². The van der Waals surface area contributed by atoms with Crippen LogP contribution in [0.5, 0.6) is 5.75 Å². The number of hydrogen-bond acceptors (Lipinski definition) is 8. The van der Waals surface area contributed by atoms with Gasteiger partial charge in [-0.3, -0.25) is 9.36 Å². The molecule has 2 aromatic carbocycles. The van der Waals surface area contributed by atoms with Crippen LogP contribution < -0.4 is 10.1 Å². The molecule has 1 amide bonds. The number of anilines is 1. The molecular formula is C25H21N5O2S3. The third-order valence-corrected chi connectivity index (χ3v) is 7.82. The zero-order chi connectivity index (χ0) is 24.2. The van der Waals surface area contributed by atoms with Crippen LogP contribution >= 0.6 is 34.4 Å². The standard InChI is InChI=1S/C25H21N5O2S3/c1-16(23(31)27-24-26-18(15-34-24)17-9-4-3-5-10-17)35-25-29-28-22(21-13-8-14-33-21)30(25)19-11-6-7-12-20(19)32-2/h3-16H,1-2H3,(H,26,27,31). The highest BCUT2D eigenvalue weighted by Crippen LogP contribution is 2.35. The lowest BCUT2D eigenvalue weighted by atomic mass is 10.2. The molecule has 0 fully saturated rings. The Labute approximate surface area is 214 Å². The van der Waals surface area contributed by atoms with E-state index in [1.165, 1.54) is 23.1 Å². The number of nitrogens with one attached hydrogen (secondary N) is 1. The first-order valence-corrected chi connectivity index (χ1v) is 13.4. The number of ether oxygens (including phenoxy) is 1. The molecular weight excluding hydrogens is 499 g/mol. The Hall–Kier alpha value is -3.47. The van der Waals surface area contributed by atoms with Gasteiger partial charge in [-0.05, 0) is 30.5 Å². The molecule has 7 nitrogen and oxygen atoms in total. The lowest BCUT2D eigenvalue weighted by Gasteiger charge is -2.15. The van der Waals surface area contributed by atoms with Crippen molar-refractivity contribution in [3.05, 3.63) is 77.5 Å². The fourth-order valence-corrected chi connectivity index (χ4v) is 5.72. The summed E-state index contributed by atoms with van der Waals surface area (Å²) < 4.78 is 7.54. The van der Waals surface area contributed by atoms with Crippen molar-refractivity contribution in [2.24, 2.45) is 0 Å². The monoisotopic (exact) mass is 519 g/mol. The highest BCUT2D eigenvalue weighted by atomic mass is 32.2. The van der Waals surface area contributed by atoms with Crippen molar-refractivity contribution in [3.63, 3.8) is 0 Å². The number of para-hydroxylation sites is 2. The summed E-state index contributed by atoms with van der Waals surface area (Å²) in [5, 5.41) is 16.5. The second-order valence-corrected chi connectivity index (χ2v) is 10.6. The van der Waals surface area contributed by atoms with Gasteiger partial charge >= 0.3 is 0 Å². The van der Waals surface area contributed by atoms with Crippen LogP contribution in [0.4, 0.5) is 5.13 Å². The minimum atomic E-state index is -0.437. The van der Waals surface area contributed by atoms with Gasteiger partial charge in [0.1, 0.15) is 5.75 Å². The van der Waals surface area contributed by atoms with Gasteiger partial charge in [0.05, 0.1) is 28.6 Å². The van der Waals surface area contributed by atoms with Crippen molar-refractivity contribution in [1.82, 2.24) is 19.7 Å². The van der Waals surface area contributed by atoms with Crippen LogP contribution in [0.25, 0.3) is 27.6 Å².